The Bertz CT molecular complexity index is 4180. The minimum absolute atomic E-state index is 0. The standard InChI is InChI=1S/C22H25F2N3O6.2C14H10ClF2NO3.C13H13N.C6H10O3.C4H8O.Na/c1-21(2,3)33-20(31)27-12-13(11-16(27)19(29)30)32-18-17(22(23,24)9-6-10-28)25-14-7-4-5-8-15(14)26-18;15-10-5-8-3-1-2-4-11(8)18-12(10)14(16,17)6-9-7-20-13(19)21-9;15-10-8-9-4-1-2-5-11(9)18-12(10)14(16,17)6-3-7-21-13(19)20;14-13(11-7-3-1-4-8-11)12-9-5-2-6-10-12;7-5-2-1-4(3-5)6(8)9;1-2-4-5-3-1;/h4-9,13,16,28H,10-12H2,1-3H3,(H,29,30);1-5,9H,6-7H2;1-6,8H,7H2,(H,19,20);1-10,13H,14H2;4-5,7H,1-3H2,(H,8,9);1-4H2;/q;;;;;;+1/p-1/b9-6+;;6-3+;;;;/t13-,16+;;;;4-,5-;;/m1...0../s1. The summed E-state index contributed by atoms with van der Waals surface area (Å²) in [5.41, 5.74) is 6.98. The van der Waals surface area contributed by atoms with Crippen molar-refractivity contribution in [1.82, 2.24) is 24.8 Å². The molecule has 104 heavy (non-hydrogen) atoms. The van der Waals surface area contributed by atoms with Crippen molar-refractivity contribution in [2.75, 3.05) is 39.6 Å². The summed E-state index contributed by atoms with van der Waals surface area (Å²) in [7, 11) is 0. The molecule has 0 spiro atoms. The first-order valence-electron chi connectivity index (χ1n) is 32.2. The summed E-state index contributed by atoms with van der Waals surface area (Å²) in [5.74, 6) is -13.2. The van der Waals surface area contributed by atoms with Crippen LogP contribution in [-0.4, -0.2) is 145 Å². The number of aliphatic hydroxyl groups is 2. The van der Waals surface area contributed by atoms with Gasteiger partial charge in [-0.3, -0.25) is 9.69 Å². The van der Waals surface area contributed by atoms with E-state index in [2.05, 4.69) is 58.4 Å². The molecule has 550 valence electrons. The van der Waals surface area contributed by atoms with Gasteiger partial charge >= 0.3 is 65.6 Å². The van der Waals surface area contributed by atoms with Crippen molar-refractivity contribution in [1.29, 1.82) is 0 Å². The zero-order chi connectivity index (χ0) is 75.1. The third kappa shape index (κ3) is 25.6. The van der Waals surface area contributed by atoms with Gasteiger partial charge in [0.2, 0.25) is 5.88 Å². The van der Waals surface area contributed by atoms with Gasteiger partial charge in [0.15, 0.2) is 5.69 Å². The van der Waals surface area contributed by atoms with Crippen LogP contribution in [0.3, 0.4) is 0 Å². The molecule has 4 aliphatic rings. The normalized spacial score (nSPS) is 17.9. The second-order valence-corrected chi connectivity index (χ2v) is 25.3. The maximum Gasteiger partial charge on any atom is 1.00 e. The number of alkyl halides is 6. The zero-order valence-corrected chi connectivity index (χ0v) is 60.4. The monoisotopic (exact) mass is 1500 g/mol. The number of nitrogens with two attached hydrogens (primary N) is 1. The van der Waals surface area contributed by atoms with Crippen LogP contribution in [-0.2, 0) is 51.0 Å². The Morgan fingerprint density at radius 2 is 1.19 bits per heavy atom. The quantitative estimate of drug-likeness (QED) is 0.0197. The average molecular weight is 1500 g/mol. The van der Waals surface area contributed by atoms with Gasteiger partial charge in [-0.15, -0.1) is 0 Å². The molecular weight excluding hydrogens is 1420 g/mol. The first-order chi connectivity index (χ1) is 48.8. The van der Waals surface area contributed by atoms with Crippen molar-refractivity contribution >= 4 is 86.4 Å². The molecule has 1 amide bonds. The largest absolute Gasteiger partial charge is 1.00 e. The van der Waals surface area contributed by atoms with Gasteiger partial charge < -0.3 is 64.5 Å². The molecule has 0 radical (unpaired) electrons. The number of carbonyl (C=O) groups excluding carboxylic acids is 3. The van der Waals surface area contributed by atoms with Crippen LogP contribution in [0.25, 0.3) is 32.8 Å². The van der Waals surface area contributed by atoms with Crippen LogP contribution in [0.4, 0.5) is 40.7 Å². The maximum absolute atomic E-state index is 14.8. The minimum Gasteiger partial charge on any atom is -0.546 e. The molecule has 12 rings (SSSR count). The fraction of sp³-hybridized carbons (Fsp3) is 0.356. The summed E-state index contributed by atoms with van der Waals surface area (Å²) in [5, 5.41) is 46.8. The van der Waals surface area contributed by atoms with Gasteiger partial charge in [0.05, 0.1) is 69.7 Å². The molecule has 5 aromatic carbocycles. The predicted octanol–water partition coefficient (Wildman–Crippen LogP) is 10.7. The van der Waals surface area contributed by atoms with E-state index in [-0.39, 0.29) is 82.8 Å². The van der Waals surface area contributed by atoms with E-state index in [0.29, 0.717) is 58.7 Å². The van der Waals surface area contributed by atoms with Crippen LogP contribution < -0.4 is 45.1 Å². The molecule has 31 heteroatoms. The molecule has 6 N–H and O–H groups in total. The number of ether oxygens (including phenoxy) is 6. The predicted molar refractivity (Wildman–Crippen MR) is 366 cm³/mol. The number of hydrogen-bond donors (Lipinski definition) is 5. The second-order valence-electron chi connectivity index (χ2n) is 24.5. The first kappa shape index (κ1) is 84.2. The number of carboxylic acids is 2. The molecule has 4 fully saturated rings. The molecule has 1 saturated carbocycles. The SMILES string of the molecule is C1CCOC1.CC(C)(C)OC(=O)N1C[C@H](Oc2nc3ccccc3nc2C(F)(F)/C=C/CO)C[C@H]1C(=O)O.NC(c1ccccc1)c1ccccc1.O=C(O)[C@H]1CC[C@H](O)C1.O=C([O-])OC/C=C/C(F)(F)c1nc2ccccc2cc1Cl.O=C1OCC(CC(F)(F)c2nc3ccccc3cc2Cl)O1.[Na+]. The average Bonchev–Trinajstić information content (AvgIpc) is 1.24. The minimum atomic E-state index is -3.62. The fourth-order valence-electron chi connectivity index (χ4n) is 10.5. The number of aliphatic hydroxyl groups excluding tert-OH is 2. The van der Waals surface area contributed by atoms with E-state index in [9.17, 15) is 60.5 Å². The second kappa shape index (κ2) is 39.4. The van der Waals surface area contributed by atoms with Gasteiger partial charge in [-0.2, -0.15) is 26.3 Å². The van der Waals surface area contributed by atoms with Crippen molar-refractivity contribution in [3.63, 3.8) is 0 Å². The van der Waals surface area contributed by atoms with Crippen molar-refractivity contribution in [3.05, 3.63) is 208 Å². The van der Waals surface area contributed by atoms with E-state index in [0.717, 1.165) is 41.4 Å². The third-order valence-electron chi connectivity index (χ3n) is 15.4. The molecule has 6 heterocycles. The molecule has 1 unspecified atom stereocenters. The summed E-state index contributed by atoms with van der Waals surface area (Å²) >= 11 is 11.8. The Labute approximate surface area is 626 Å². The van der Waals surface area contributed by atoms with Gasteiger partial charge in [-0.05, 0) is 113 Å². The van der Waals surface area contributed by atoms with Gasteiger partial charge in [0, 0.05) is 37.0 Å². The summed E-state index contributed by atoms with van der Waals surface area (Å²) < 4.78 is 115. The molecule has 0 bridgehead atoms. The van der Waals surface area contributed by atoms with Crippen LogP contribution in [0.2, 0.25) is 10.0 Å². The molecule has 8 aromatic rings. The van der Waals surface area contributed by atoms with Crippen LogP contribution in [0.5, 0.6) is 5.88 Å². The Morgan fingerprint density at radius 3 is 1.66 bits per heavy atom. The van der Waals surface area contributed by atoms with Gasteiger partial charge in [-0.1, -0.05) is 145 Å². The number of hydrogen-bond acceptors (Lipinski definition) is 19. The van der Waals surface area contributed by atoms with Crippen LogP contribution in [0.15, 0.2) is 170 Å². The number of fused-ring (bicyclic) bond motifs is 3. The topological polar surface area (TPSA) is 326 Å². The summed E-state index contributed by atoms with van der Waals surface area (Å²) in [6.45, 7) is 5.40. The number of rotatable bonds is 16. The zero-order valence-electron chi connectivity index (χ0n) is 56.8. The molecule has 5 atom stereocenters. The number of cyclic esters (lactones) is 2. The van der Waals surface area contributed by atoms with E-state index in [1.165, 1.54) is 31.0 Å². The van der Waals surface area contributed by atoms with Gasteiger partial charge in [0.25, 0.3) is 12.1 Å². The van der Waals surface area contributed by atoms with E-state index < -0.39 is 115 Å². The molecule has 3 saturated heterocycles. The van der Waals surface area contributed by atoms with Crippen molar-refractivity contribution in [3.8, 4) is 5.88 Å². The number of allylic oxidation sites excluding steroid dienone is 2. The van der Waals surface area contributed by atoms with Gasteiger partial charge in [-0.25, -0.2) is 34.3 Å². The Kier molecular flexibility index (Phi) is 31.9. The number of para-hydroxylation sites is 4. The van der Waals surface area contributed by atoms with Crippen molar-refractivity contribution in [2.45, 2.75) is 119 Å². The maximum atomic E-state index is 14.8. The van der Waals surface area contributed by atoms with E-state index in [1.807, 2.05) is 36.4 Å². The number of aromatic nitrogens is 4. The van der Waals surface area contributed by atoms with E-state index in [4.69, 9.17) is 58.5 Å². The fourth-order valence-corrected chi connectivity index (χ4v) is 11.1. The van der Waals surface area contributed by atoms with Crippen LogP contribution in [0, 0.1) is 5.92 Å². The number of pyridine rings is 2. The van der Waals surface area contributed by atoms with E-state index in [1.54, 1.807) is 87.5 Å². The number of carbonyl (C=O) groups is 5. The summed E-state index contributed by atoms with van der Waals surface area (Å²) in [6.07, 6.45) is 0.240. The smallest absolute Gasteiger partial charge is 0.546 e. The van der Waals surface area contributed by atoms with Crippen LogP contribution >= 0.6 is 23.2 Å². The summed E-state index contributed by atoms with van der Waals surface area (Å²) in [6, 6.07) is 41.8. The van der Waals surface area contributed by atoms with Gasteiger partial charge in [0.1, 0.15) is 41.8 Å². The summed E-state index contributed by atoms with van der Waals surface area (Å²) in [4.78, 5) is 72.2. The van der Waals surface area contributed by atoms with Crippen molar-refractivity contribution < 1.29 is 134 Å². The number of amides is 1. The number of nitrogens with zero attached hydrogens (tertiary/aromatic N) is 5. The first-order valence-corrected chi connectivity index (χ1v) is 33.0. The Morgan fingerprint density at radius 1 is 0.692 bits per heavy atom. The number of aliphatic carboxylic acids is 2. The molecular formula is C73H75Cl2F6N6NaO16. The molecule has 22 nitrogen and oxygen atoms in total. The number of likely N-dealkylation sites (tertiary alicyclic amines) is 1. The number of halogens is 8. The number of carboxylic acid groups (broad SMARTS) is 3. The molecule has 3 aromatic heterocycles. The Balaban J connectivity index is 0.000000210. The van der Waals surface area contributed by atoms with E-state index >= 15 is 0 Å². The molecule has 3 aliphatic heterocycles. The number of benzene rings is 5. The Hall–Kier alpha value is -8.71. The van der Waals surface area contributed by atoms with Crippen molar-refractivity contribution in [2.24, 2.45) is 11.7 Å². The van der Waals surface area contributed by atoms with Crippen LogP contribution in [0.1, 0.15) is 100.0 Å². The third-order valence-corrected chi connectivity index (χ3v) is 16.0. The molecule has 1 aliphatic carbocycles.